The first-order valence-electron chi connectivity index (χ1n) is 31.1. The Morgan fingerprint density at radius 2 is 0.924 bits per heavy atom. The maximum Gasteiger partial charge on any atom is 0.210 e. The van der Waals surface area contributed by atoms with Gasteiger partial charge in [0.05, 0.1) is 95.5 Å². The minimum Gasteiger partial charge on any atom is -0.305 e. The number of nitrogens with one attached hydrogen (secondary N) is 2. The van der Waals surface area contributed by atoms with Crippen LogP contribution in [-0.2, 0) is 27.7 Å². The van der Waals surface area contributed by atoms with Crippen molar-refractivity contribution in [2.75, 3.05) is 113 Å². The van der Waals surface area contributed by atoms with Crippen LogP contribution in [0.1, 0.15) is 80.4 Å². The van der Waals surface area contributed by atoms with E-state index in [0.717, 1.165) is 177 Å². The van der Waals surface area contributed by atoms with Crippen LogP contribution in [0.5, 0.6) is 0 Å². The first-order valence-corrected chi connectivity index (χ1v) is 35.1. The Bertz CT molecular complexity index is 4190. The summed E-state index contributed by atoms with van der Waals surface area (Å²) >= 11 is 26.9. The number of halogens is 4. The Kier molecular flexibility index (Phi) is 25.0. The molecule has 0 unspecified atom stereocenters. The molecule has 5 fully saturated rings. The first-order chi connectivity index (χ1) is 44.7. The van der Waals surface area contributed by atoms with Gasteiger partial charge in [-0.15, -0.1) is 13.0 Å². The monoisotopic (exact) mass is 1420 g/mol. The highest BCUT2D eigenvalue weighted by molar-refractivity contribution is 9.10. The molecule has 0 bridgehead atoms. The number of hydrogen-bond acceptors (Lipinski definition) is 17. The van der Waals surface area contributed by atoms with Gasteiger partial charge in [-0.25, -0.2) is 41.7 Å². The zero-order valence-corrected chi connectivity index (χ0v) is 57.6. The zero-order valence-electron chi connectivity index (χ0n) is 51.3. The molecule has 0 radical (unpaired) electrons. The van der Waals surface area contributed by atoms with Crippen molar-refractivity contribution in [3.63, 3.8) is 0 Å². The van der Waals surface area contributed by atoms with E-state index in [9.17, 15) is 0 Å². The smallest absolute Gasteiger partial charge is 0.210 e. The molecule has 16 nitrogen and oxygen atoms in total. The lowest BCUT2D eigenvalue weighted by Crippen LogP contribution is -2.45. The lowest BCUT2D eigenvalue weighted by Gasteiger charge is -2.30. The Balaban J connectivity index is 0.000000141. The average molecular weight is 1430 g/mol. The number of fused-ring (bicyclic) bond motifs is 6. The summed E-state index contributed by atoms with van der Waals surface area (Å²) in [6.07, 6.45) is 11.9. The van der Waals surface area contributed by atoms with Crippen molar-refractivity contribution in [2.24, 2.45) is 0 Å². The van der Waals surface area contributed by atoms with Gasteiger partial charge in [-0.3, -0.25) is 9.97 Å². The van der Waals surface area contributed by atoms with Crippen LogP contribution in [0.3, 0.4) is 0 Å². The molecular weight excluding hydrogens is 1350 g/mol. The van der Waals surface area contributed by atoms with E-state index >= 15 is 0 Å². The molecule has 5 aliphatic rings. The number of nitrogens with zero attached hydrogens (tertiary/aromatic N) is 8. The third-order valence-electron chi connectivity index (χ3n) is 17.9. The molecule has 0 aliphatic carbocycles. The van der Waals surface area contributed by atoms with Crippen LogP contribution in [0.2, 0.25) is 15.1 Å². The van der Waals surface area contributed by atoms with Gasteiger partial charge >= 0.3 is 0 Å². The molecule has 92 heavy (non-hydrogen) atoms. The van der Waals surface area contributed by atoms with Crippen molar-refractivity contribution >= 4 is 152 Å². The largest absolute Gasteiger partial charge is 0.305 e. The summed E-state index contributed by atoms with van der Waals surface area (Å²) < 4.78 is 27.8. The van der Waals surface area contributed by atoms with Crippen LogP contribution in [0.25, 0.3) is 65.0 Å². The topological polar surface area (TPSA) is 134 Å². The van der Waals surface area contributed by atoms with Gasteiger partial charge in [0.2, 0.25) is 10.7 Å². The summed E-state index contributed by atoms with van der Waals surface area (Å²) in [6, 6.07) is 38.1. The van der Waals surface area contributed by atoms with E-state index in [2.05, 4.69) is 121 Å². The van der Waals surface area contributed by atoms with Gasteiger partial charge in [0.1, 0.15) is 47.2 Å². The number of benzene rings is 3. The molecule has 0 saturated carbocycles. The van der Waals surface area contributed by atoms with E-state index in [4.69, 9.17) is 77.4 Å². The van der Waals surface area contributed by atoms with Crippen molar-refractivity contribution in [1.29, 1.82) is 0 Å². The van der Waals surface area contributed by atoms with Crippen molar-refractivity contribution in [1.82, 2.24) is 47.7 Å². The molecular formula is C69H79BrCl3N10O6S3+3. The number of rotatable bonds is 12. The van der Waals surface area contributed by atoms with Crippen LogP contribution in [0.4, 0.5) is 0 Å². The van der Waals surface area contributed by atoms with Crippen LogP contribution in [0, 0.1) is 0 Å². The number of aromatic nitrogens is 3. The third kappa shape index (κ3) is 16.3. The van der Waals surface area contributed by atoms with Crippen LogP contribution in [-0.4, -0.2) is 141 Å². The molecule has 0 atom stereocenters. The molecule has 5 aliphatic heterocycles. The predicted octanol–water partition coefficient (Wildman–Crippen LogP) is 14.5. The molecule has 8 heterocycles. The standard InChI is InChI=1S/2C24H28ClN4O2S.C20H19BrClN2O2S.CH4/c1-30-31-32-29-11-6-17(7-12-29)23-20-5-4-19(25)15-18(20)16-22(28-13-9-26-10-14-28)21-3-2-8-27-24(21)23;1-30-31-32-29-11-6-17(7-12-29)23-20-5-4-19(25)16-21(20)22(28-13-9-26-10-14-28)15-18-3-2-8-27-24(18)23;1-25-26-27-24-9-6-13(7-10-24)19-16-5-4-15(22)11-14(16)12-18(21)17-3-2-8-23-20(17)19;/h2*2-5,8,15-17,26H,6-7,9-14H2,1H3;2-5,8,11-13H,6-7,9-10H2,1H3;1H4/q3*+1;. The summed E-state index contributed by atoms with van der Waals surface area (Å²) in [5.74, 6) is 1.25. The first kappa shape index (κ1) is 68.9. The van der Waals surface area contributed by atoms with Gasteiger partial charge in [-0.1, -0.05) is 48.8 Å². The summed E-state index contributed by atoms with van der Waals surface area (Å²) in [7, 11) is 4.60. The summed E-state index contributed by atoms with van der Waals surface area (Å²) in [6.45, 7) is 13.5. The fourth-order valence-corrected chi connectivity index (χ4v) is 16.3. The molecule has 484 valence electrons. The fraction of sp³-hybridized carbons (Fsp3) is 0.391. The van der Waals surface area contributed by atoms with Crippen molar-refractivity contribution in [3.05, 3.63) is 175 Å². The summed E-state index contributed by atoms with van der Waals surface area (Å²) in [4.78, 5) is 28.8. The van der Waals surface area contributed by atoms with Crippen LogP contribution < -0.4 is 30.5 Å². The normalized spacial score (nSPS) is 17.6. The number of piperidine rings is 3. The second-order valence-corrected chi connectivity index (χ2v) is 27.8. The molecule has 9 aromatic rings. The Morgan fingerprint density at radius 1 is 0.478 bits per heavy atom. The fourth-order valence-electron chi connectivity index (χ4n) is 13.7. The van der Waals surface area contributed by atoms with E-state index in [0.29, 0.717) is 17.8 Å². The second kappa shape index (κ2) is 33.4. The molecule has 14 rings (SSSR count). The Morgan fingerprint density at radius 3 is 1.48 bits per heavy atom. The lowest BCUT2D eigenvalue weighted by atomic mass is 9.87. The van der Waals surface area contributed by atoms with E-state index in [-0.39, 0.29) is 7.43 Å². The van der Waals surface area contributed by atoms with E-state index in [1.165, 1.54) is 123 Å². The van der Waals surface area contributed by atoms with Gasteiger partial charge in [-0.2, -0.15) is 0 Å². The molecule has 23 heteroatoms. The minimum atomic E-state index is 0. The summed E-state index contributed by atoms with van der Waals surface area (Å²) in [5, 5.41) is 22.5. The number of piperazine rings is 2. The zero-order chi connectivity index (χ0) is 62.6. The predicted molar refractivity (Wildman–Crippen MR) is 385 cm³/mol. The van der Waals surface area contributed by atoms with Gasteiger partial charge in [-0.05, 0) is 144 Å². The highest BCUT2D eigenvalue weighted by Crippen LogP contribution is 2.42. The van der Waals surface area contributed by atoms with Crippen molar-refractivity contribution < 1.29 is 27.7 Å². The van der Waals surface area contributed by atoms with Crippen LogP contribution in [0.15, 0.2) is 132 Å². The minimum absolute atomic E-state index is 0. The number of hydrogen-bond donors (Lipinski definition) is 2. The van der Waals surface area contributed by atoms with Crippen LogP contribution >= 0.6 is 87.4 Å². The van der Waals surface area contributed by atoms with Crippen molar-refractivity contribution in [2.45, 2.75) is 63.7 Å². The molecule has 0 spiro atoms. The molecule has 0 amide bonds. The molecule has 2 N–H and O–H groups in total. The molecule has 6 aromatic carbocycles. The van der Waals surface area contributed by atoms with E-state index in [1.54, 1.807) is 0 Å². The average Bonchev–Trinajstić information content (AvgIpc) is 1.60. The quantitative estimate of drug-likeness (QED) is 0.0300. The van der Waals surface area contributed by atoms with Gasteiger partial charge in [0.25, 0.3) is 0 Å². The Labute approximate surface area is 574 Å². The lowest BCUT2D eigenvalue weighted by molar-refractivity contribution is -0.163. The van der Waals surface area contributed by atoms with Gasteiger partial charge < -0.3 is 10.6 Å². The highest BCUT2D eigenvalue weighted by atomic mass is 79.9. The number of pyridine rings is 3. The molecule has 5 saturated heterocycles. The van der Waals surface area contributed by atoms with E-state index < -0.39 is 0 Å². The van der Waals surface area contributed by atoms with Gasteiger partial charge in [0.15, 0.2) is 26.2 Å². The van der Waals surface area contributed by atoms with Crippen molar-refractivity contribution in [3.8, 4) is 0 Å². The third-order valence-corrected chi connectivity index (χ3v) is 21.6. The SMILES string of the molecule is C.COOSN1CCC(c2c3ccc(Cl)cc3c(=[N+]3CCNCC3)cc3cccnc23)CC1.COOSN1CCC(c2c3ccc(Cl)cc3cc(=[N+]3CCNCC3)c3cccnc23)CC1.COOSN1CCC(c2c3ncccc3c(Br)c[c+]3cc(Cl)ccc23)CC1. The maximum absolute atomic E-state index is 6.53. The summed E-state index contributed by atoms with van der Waals surface area (Å²) in [5.41, 5.74) is 7.25. The van der Waals surface area contributed by atoms with E-state index in [1.807, 2.05) is 55.0 Å². The Hall–Kier alpha value is -4.50. The van der Waals surface area contributed by atoms with Gasteiger partial charge in [0, 0.05) is 132 Å². The maximum atomic E-state index is 6.53. The molecule has 3 aromatic heterocycles. The highest BCUT2D eigenvalue weighted by Gasteiger charge is 2.31. The second-order valence-electron chi connectivity index (χ2n) is 23.2.